The number of phenolic OH excluding ortho intramolecular Hbond substituents is 1. The van der Waals surface area contributed by atoms with Crippen molar-refractivity contribution in [3.63, 3.8) is 0 Å². The van der Waals surface area contributed by atoms with Gasteiger partial charge in [0, 0.05) is 12.8 Å². The molecule has 3 rings (SSSR count). The van der Waals surface area contributed by atoms with Gasteiger partial charge in [-0.1, -0.05) is 12.1 Å². The van der Waals surface area contributed by atoms with Crippen LogP contribution < -0.4 is 10.9 Å². The van der Waals surface area contributed by atoms with E-state index in [-0.39, 0.29) is 41.1 Å². The van der Waals surface area contributed by atoms with Crippen LogP contribution in [-0.2, 0) is 11.2 Å². The molecule has 0 saturated carbocycles. The van der Waals surface area contributed by atoms with E-state index in [2.05, 4.69) is 15.3 Å². The maximum Gasteiger partial charge on any atom is 0.335 e. The summed E-state index contributed by atoms with van der Waals surface area (Å²) in [7, 11) is 0. The number of carboxylic acids is 1. The van der Waals surface area contributed by atoms with E-state index in [1.807, 2.05) is 0 Å². The number of hydrogen-bond donors (Lipinski definition) is 4. The van der Waals surface area contributed by atoms with E-state index in [0.717, 1.165) is 6.07 Å². The lowest BCUT2D eigenvalue weighted by Crippen LogP contribution is -2.19. The zero-order valence-corrected chi connectivity index (χ0v) is 13.5. The highest BCUT2D eigenvalue weighted by Gasteiger charge is 2.12. The maximum atomic E-state index is 12.1. The van der Waals surface area contributed by atoms with E-state index >= 15 is 0 Å². The van der Waals surface area contributed by atoms with Crippen molar-refractivity contribution in [1.82, 2.24) is 9.97 Å². The average Bonchev–Trinajstić information content (AvgIpc) is 2.61. The van der Waals surface area contributed by atoms with Crippen molar-refractivity contribution in [1.29, 1.82) is 0 Å². The second kappa shape index (κ2) is 7.06. The van der Waals surface area contributed by atoms with Gasteiger partial charge in [-0.2, -0.15) is 0 Å². The largest absolute Gasteiger partial charge is 0.506 e. The number of aromatic carboxylic acids is 1. The number of amides is 1. The highest BCUT2D eigenvalue weighted by Crippen LogP contribution is 2.24. The molecule has 132 valence electrons. The molecule has 0 radical (unpaired) electrons. The summed E-state index contributed by atoms with van der Waals surface area (Å²) in [5.41, 5.74) is 1.02. The number of para-hydroxylation sites is 2. The normalized spacial score (nSPS) is 10.6. The van der Waals surface area contributed by atoms with Crippen molar-refractivity contribution in [2.45, 2.75) is 12.8 Å². The molecule has 0 saturated heterocycles. The number of fused-ring (bicyclic) bond motifs is 1. The van der Waals surface area contributed by atoms with Crippen LogP contribution >= 0.6 is 0 Å². The molecule has 0 unspecified atom stereocenters. The van der Waals surface area contributed by atoms with Gasteiger partial charge in [0.05, 0.1) is 22.3 Å². The predicted molar refractivity (Wildman–Crippen MR) is 94.4 cm³/mol. The molecule has 0 spiro atoms. The van der Waals surface area contributed by atoms with Gasteiger partial charge in [0.15, 0.2) is 0 Å². The topological polar surface area (TPSA) is 132 Å². The first-order chi connectivity index (χ1) is 12.4. The number of H-pyrrole nitrogens is 1. The number of nitrogens with zero attached hydrogens (tertiary/aromatic N) is 1. The molecule has 1 heterocycles. The minimum Gasteiger partial charge on any atom is -0.506 e. The van der Waals surface area contributed by atoms with Gasteiger partial charge in [-0.25, -0.2) is 9.78 Å². The Balaban J connectivity index is 1.72. The summed E-state index contributed by atoms with van der Waals surface area (Å²) in [4.78, 5) is 42.0. The zero-order valence-electron chi connectivity index (χ0n) is 13.5. The SMILES string of the molecule is O=C(CCc1nc2ccccc2[nH]c1=O)Nc1cc(C(=O)O)ccc1O. The van der Waals surface area contributed by atoms with Crippen molar-refractivity contribution in [3.05, 3.63) is 64.1 Å². The van der Waals surface area contributed by atoms with E-state index < -0.39 is 11.9 Å². The number of carbonyl (C=O) groups is 2. The Kier molecular flexibility index (Phi) is 4.66. The number of anilines is 1. The van der Waals surface area contributed by atoms with Gasteiger partial charge < -0.3 is 20.5 Å². The minimum absolute atomic E-state index is 0.00437. The van der Waals surface area contributed by atoms with Gasteiger partial charge in [-0.3, -0.25) is 9.59 Å². The first-order valence-electron chi connectivity index (χ1n) is 7.78. The molecule has 4 N–H and O–H groups in total. The number of aromatic amines is 1. The molecule has 3 aromatic rings. The lowest BCUT2D eigenvalue weighted by atomic mass is 10.1. The molecule has 1 aromatic heterocycles. The fourth-order valence-corrected chi connectivity index (χ4v) is 2.45. The Labute approximate surface area is 147 Å². The van der Waals surface area contributed by atoms with Crippen LogP contribution in [0.1, 0.15) is 22.5 Å². The smallest absolute Gasteiger partial charge is 0.335 e. The lowest BCUT2D eigenvalue weighted by Gasteiger charge is -2.08. The van der Waals surface area contributed by atoms with Crippen LogP contribution in [0, 0.1) is 0 Å². The van der Waals surface area contributed by atoms with Gasteiger partial charge >= 0.3 is 5.97 Å². The van der Waals surface area contributed by atoms with Crippen molar-refractivity contribution in [3.8, 4) is 5.75 Å². The van der Waals surface area contributed by atoms with Crippen LogP contribution in [0.2, 0.25) is 0 Å². The summed E-state index contributed by atoms with van der Waals surface area (Å²) in [6.45, 7) is 0. The standard InChI is InChI=1S/C18H15N3O5/c22-15-7-5-10(18(25)26)9-14(15)20-16(23)8-6-13-17(24)21-12-4-2-1-3-11(12)19-13/h1-5,7,9,22H,6,8H2,(H,20,23)(H,21,24)(H,25,26). The fraction of sp³-hybridized carbons (Fsp3) is 0.111. The van der Waals surface area contributed by atoms with Crippen LogP contribution in [0.15, 0.2) is 47.3 Å². The summed E-state index contributed by atoms with van der Waals surface area (Å²) in [6, 6.07) is 10.6. The van der Waals surface area contributed by atoms with Crippen LogP contribution in [-0.4, -0.2) is 32.1 Å². The number of aromatic hydroxyl groups is 1. The predicted octanol–water partition coefficient (Wildman–Crippen LogP) is 1.90. The summed E-state index contributed by atoms with van der Waals surface area (Å²) in [5.74, 6) is -1.89. The molecule has 8 heteroatoms. The first kappa shape index (κ1) is 17.2. The average molecular weight is 353 g/mol. The molecule has 0 bridgehead atoms. The Bertz CT molecular complexity index is 1060. The van der Waals surface area contributed by atoms with E-state index in [1.54, 1.807) is 24.3 Å². The van der Waals surface area contributed by atoms with Crippen molar-refractivity contribution in [2.75, 3.05) is 5.32 Å². The molecular formula is C18H15N3O5. The van der Waals surface area contributed by atoms with Crippen LogP contribution in [0.25, 0.3) is 11.0 Å². The van der Waals surface area contributed by atoms with E-state index in [1.165, 1.54) is 12.1 Å². The molecule has 0 aliphatic heterocycles. The highest BCUT2D eigenvalue weighted by molar-refractivity contribution is 5.95. The number of aryl methyl sites for hydroxylation is 1. The van der Waals surface area contributed by atoms with Gasteiger partial charge in [0.25, 0.3) is 5.56 Å². The van der Waals surface area contributed by atoms with Crippen molar-refractivity contribution < 1.29 is 19.8 Å². The van der Waals surface area contributed by atoms with E-state index in [9.17, 15) is 19.5 Å². The first-order valence-corrected chi connectivity index (χ1v) is 7.78. The third kappa shape index (κ3) is 3.69. The zero-order chi connectivity index (χ0) is 18.7. The quantitative estimate of drug-likeness (QED) is 0.518. The van der Waals surface area contributed by atoms with Gasteiger partial charge in [0.1, 0.15) is 11.4 Å². The number of aromatic nitrogens is 2. The number of phenols is 1. The second-order valence-corrected chi connectivity index (χ2v) is 5.62. The highest BCUT2D eigenvalue weighted by atomic mass is 16.4. The fourth-order valence-electron chi connectivity index (χ4n) is 2.45. The number of carboxylic acid groups (broad SMARTS) is 1. The third-order valence-electron chi connectivity index (χ3n) is 3.78. The lowest BCUT2D eigenvalue weighted by molar-refractivity contribution is -0.116. The summed E-state index contributed by atoms with van der Waals surface area (Å²) < 4.78 is 0. The Morgan fingerprint density at radius 2 is 1.92 bits per heavy atom. The second-order valence-electron chi connectivity index (χ2n) is 5.62. The van der Waals surface area contributed by atoms with Crippen LogP contribution in [0.3, 0.4) is 0 Å². The van der Waals surface area contributed by atoms with Crippen molar-refractivity contribution in [2.24, 2.45) is 0 Å². The third-order valence-corrected chi connectivity index (χ3v) is 3.78. The minimum atomic E-state index is -1.17. The number of nitrogens with one attached hydrogen (secondary N) is 2. The summed E-state index contributed by atoms with van der Waals surface area (Å²) in [5, 5.41) is 21.1. The van der Waals surface area contributed by atoms with Gasteiger partial charge in [-0.05, 0) is 30.3 Å². The molecular weight excluding hydrogens is 338 g/mol. The van der Waals surface area contributed by atoms with E-state index in [4.69, 9.17) is 5.11 Å². The van der Waals surface area contributed by atoms with Gasteiger partial charge in [-0.15, -0.1) is 0 Å². The molecule has 1 amide bonds. The molecule has 2 aromatic carbocycles. The summed E-state index contributed by atoms with van der Waals surface area (Å²) >= 11 is 0. The van der Waals surface area contributed by atoms with Crippen LogP contribution in [0.4, 0.5) is 5.69 Å². The molecule has 0 atom stereocenters. The molecule has 0 fully saturated rings. The summed E-state index contributed by atoms with van der Waals surface area (Å²) in [6.07, 6.45) is 0.0521. The van der Waals surface area contributed by atoms with Gasteiger partial charge in [0.2, 0.25) is 5.91 Å². The Hall–Kier alpha value is -3.68. The van der Waals surface area contributed by atoms with Crippen molar-refractivity contribution >= 4 is 28.6 Å². The molecule has 8 nitrogen and oxygen atoms in total. The van der Waals surface area contributed by atoms with Crippen LogP contribution in [0.5, 0.6) is 5.75 Å². The molecule has 26 heavy (non-hydrogen) atoms. The number of carbonyl (C=O) groups excluding carboxylic acids is 1. The molecule has 0 aliphatic rings. The monoisotopic (exact) mass is 353 g/mol. The van der Waals surface area contributed by atoms with E-state index in [0.29, 0.717) is 11.0 Å². The Morgan fingerprint density at radius 1 is 1.15 bits per heavy atom. The number of hydrogen-bond acceptors (Lipinski definition) is 5. The number of benzene rings is 2. The maximum absolute atomic E-state index is 12.1. The molecule has 0 aliphatic carbocycles. The number of rotatable bonds is 5. The Morgan fingerprint density at radius 3 is 2.69 bits per heavy atom.